The van der Waals surface area contributed by atoms with Crippen LogP contribution in [0.4, 0.5) is 18.9 Å². The molecule has 0 bridgehead atoms. The molecule has 1 heterocycles. The van der Waals surface area contributed by atoms with Crippen molar-refractivity contribution in [3.05, 3.63) is 53.3 Å². The van der Waals surface area contributed by atoms with Gasteiger partial charge in [0, 0.05) is 6.42 Å². The SMILES string of the molecule is O=C(Cc1ccc2c(c1)OCCCO2)Nc1ccc(F)c(F)c1F. The Morgan fingerprint density at radius 2 is 1.75 bits per heavy atom. The smallest absolute Gasteiger partial charge is 0.228 e. The van der Waals surface area contributed by atoms with E-state index in [0.29, 0.717) is 30.3 Å². The average molecular weight is 337 g/mol. The molecule has 7 heteroatoms. The predicted octanol–water partition coefficient (Wildman–Crippen LogP) is 3.45. The second kappa shape index (κ2) is 6.82. The molecule has 0 radical (unpaired) electrons. The van der Waals surface area contributed by atoms with Crippen LogP contribution in [-0.2, 0) is 11.2 Å². The van der Waals surface area contributed by atoms with E-state index in [0.717, 1.165) is 18.6 Å². The van der Waals surface area contributed by atoms with Crippen molar-refractivity contribution in [2.24, 2.45) is 0 Å². The van der Waals surface area contributed by atoms with Crippen LogP contribution >= 0.6 is 0 Å². The molecule has 2 aromatic rings. The largest absolute Gasteiger partial charge is 0.490 e. The highest BCUT2D eigenvalue weighted by Crippen LogP contribution is 2.30. The molecular weight excluding hydrogens is 323 g/mol. The maximum absolute atomic E-state index is 13.6. The van der Waals surface area contributed by atoms with Crippen molar-refractivity contribution >= 4 is 11.6 Å². The van der Waals surface area contributed by atoms with Gasteiger partial charge in [0.15, 0.2) is 29.0 Å². The molecule has 2 aromatic carbocycles. The van der Waals surface area contributed by atoms with E-state index in [1.54, 1.807) is 18.2 Å². The Labute approximate surface area is 136 Å². The first-order chi connectivity index (χ1) is 11.5. The second-order valence-electron chi connectivity index (χ2n) is 5.28. The van der Waals surface area contributed by atoms with Gasteiger partial charge < -0.3 is 14.8 Å². The molecule has 1 aliphatic rings. The Morgan fingerprint density at radius 1 is 1.00 bits per heavy atom. The summed E-state index contributed by atoms with van der Waals surface area (Å²) in [4.78, 5) is 12.0. The summed E-state index contributed by atoms with van der Waals surface area (Å²) in [6.45, 7) is 1.07. The molecule has 0 spiro atoms. The predicted molar refractivity (Wildman–Crippen MR) is 80.7 cm³/mol. The van der Waals surface area contributed by atoms with Gasteiger partial charge in [0.05, 0.1) is 25.3 Å². The number of benzene rings is 2. The highest BCUT2D eigenvalue weighted by atomic mass is 19.2. The van der Waals surface area contributed by atoms with Crippen LogP contribution in [0.25, 0.3) is 0 Å². The normalized spacial score (nSPS) is 13.3. The van der Waals surface area contributed by atoms with Gasteiger partial charge in [-0.1, -0.05) is 6.07 Å². The minimum atomic E-state index is -1.62. The number of carbonyl (C=O) groups is 1. The molecule has 1 aliphatic heterocycles. The second-order valence-corrected chi connectivity index (χ2v) is 5.28. The lowest BCUT2D eigenvalue weighted by Crippen LogP contribution is -2.16. The molecule has 0 atom stereocenters. The van der Waals surface area contributed by atoms with E-state index in [1.807, 2.05) is 0 Å². The molecule has 4 nitrogen and oxygen atoms in total. The summed E-state index contributed by atoms with van der Waals surface area (Å²) in [5.74, 6) is -3.78. The van der Waals surface area contributed by atoms with Crippen LogP contribution in [0.5, 0.6) is 11.5 Å². The summed E-state index contributed by atoms with van der Waals surface area (Å²) in [6.07, 6.45) is 0.689. The van der Waals surface area contributed by atoms with Crippen LogP contribution in [0.3, 0.4) is 0 Å². The maximum Gasteiger partial charge on any atom is 0.228 e. The summed E-state index contributed by atoms with van der Waals surface area (Å²) in [5.41, 5.74) is 0.216. The standard InChI is InChI=1S/C17H14F3NO3/c18-11-3-4-12(17(20)16(11)19)21-15(22)9-10-2-5-13-14(8-10)24-7-1-6-23-13/h2-5,8H,1,6-7,9H2,(H,21,22). The van der Waals surface area contributed by atoms with Gasteiger partial charge in [0.1, 0.15) is 0 Å². The van der Waals surface area contributed by atoms with Crippen LogP contribution < -0.4 is 14.8 Å². The van der Waals surface area contributed by atoms with E-state index >= 15 is 0 Å². The zero-order chi connectivity index (χ0) is 17.1. The van der Waals surface area contributed by atoms with Gasteiger partial charge in [0.2, 0.25) is 5.91 Å². The summed E-state index contributed by atoms with van der Waals surface area (Å²) in [6, 6.07) is 6.78. The molecule has 0 aliphatic carbocycles. The summed E-state index contributed by atoms with van der Waals surface area (Å²) < 4.78 is 50.6. The number of amides is 1. The first-order valence-electron chi connectivity index (χ1n) is 7.36. The molecule has 0 aromatic heterocycles. The molecule has 0 saturated carbocycles. The minimum absolute atomic E-state index is 0.0743. The summed E-state index contributed by atoms with van der Waals surface area (Å²) in [7, 11) is 0. The lowest BCUT2D eigenvalue weighted by Gasteiger charge is -2.10. The Balaban J connectivity index is 1.71. The molecule has 1 N–H and O–H groups in total. The quantitative estimate of drug-likeness (QED) is 0.873. The van der Waals surface area contributed by atoms with Crippen LogP contribution in [0.1, 0.15) is 12.0 Å². The highest BCUT2D eigenvalue weighted by Gasteiger charge is 2.16. The highest BCUT2D eigenvalue weighted by molar-refractivity contribution is 5.92. The number of halogens is 3. The Hall–Kier alpha value is -2.70. The molecule has 3 rings (SSSR count). The minimum Gasteiger partial charge on any atom is -0.490 e. The van der Waals surface area contributed by atoms with Crippen molar-refractivity contribution in [2.45, 2.75) is 12.8 Å². The summed E-state index contributed by atoms with van der Waals surface area (Å²) >= 11 is 0. The van der Waals surface area contributed by atoms with Crippen molar-refractivity contribution in [1.82, 2.24) is 0 Å². The summed E-state index contributed by atoms with van der Waals surface area (Å²) in [5, 5.41) is 2.23. The van der Waals surface area contributed by atoms with Crippen molar-refractivity contribution in [2.75, 3.05) is 18.5 Å². The number of hydrogen-bond acceptors (Lipinski definition) is 3. The van der Waals surface area contributed by atoms with Gasteiger partial charge in [-0.2, -0.15) is 0 Å². The third kappa shape index (κ3) is 3.45. The first kappa shape index (κ1) is 16.2. The first-order valence-corrected chi connectivity index (χ1v) is 7.36. The van der Waals surface area contributed by atoms with Gasteiger partial charge in [-0.25, -0.2) is 13.2 Å². The van der Waals surface area contributed by atoms with Crippen molar-refractivity contribution < 1.29 is 27.4 Å². The van der Waals surface area contributed by atoms with E-state index in [2.05, 4.69) is 5.32 Å². The van der Waals surface area contributed by atoms with Crippen LogP contribution in [0, 0.1) is 17.5 Å². The lowest BCUT2D eigenvalue weighted by molar-refractivity contribution is -0.115. The van der Waals surface area contributed by atoms with Gasteiger partial charge >= 0.3 is 0 Å². The number of ether oxygens (including phenoxy) is 2. The van der Waals surface area contributed by atoms with Crippen molar-refractivity contribution in [3.63, 3.8) is 0 Å². The molecule has 126 valence electrons. The lowest BCUT2D eigenvalue weighted by atomic mass is 10.1. The Kier molecular flexibility index (Phi) is 4.59. The van der Waals surface area contributed by atoms with Crippen molar-refractivity contribution in [3.8, 4) is 11.5 Å². The zero-order valence-electron chi connectivity index (χ0n) is 12.6. The van der Waals surface area contributed by atoms with Gasteiger partial charge in [-0.05, 0) is 29.8 Å². The number of fused-ring (bicyclic) bond motifs is 1. The number of carbonyl (C=O) groups excluding carboxylic acids is 1. The average Bonchev–Trinajstić information content (AvgIpc) is 2.80. The molecule has 1 amide bonds. The Bertz CT molecular complexity index is 780. The van der Waals surface area contributed by atoms with Crippen LogP contribution in [0.2, 0.25) is 0 Å². The fraction of sp³-hybridized carbons (Fsp3) is 0.235. The van der Waals surface area contributed by atoms with Crippen molar-refractivity contribution in [1.29, 1.82) is 0 Å². The van der Waals surface area contributed by atoms with E-state index in [9.17, 15) is 18.0 Å². The molecular formula is C17H14F3NO3. The van der Waals surface area contributed by atoms with Crippen LogP contribution in [-0.4, -0.2) is 19.1 Å². The number of anilines is 1. The number of hydrogen-bond donors (Lipinski definition) is 1. The molecule has 0 unspecified atom stereocenters. The topological polar surface area (TPSA) is 47.6 Å². The van der Waals surface area contributed by atoms with E-state index in [1.165, 1.54) is 0 Å². The third-order valence-corrected chi connectivity index (χ3v) is 3.49. The van der Waals surface area contributed by atoms with E-state index in [4.69, 9.17) is 9.47 Å². The number of nitrogens with one attached hydrogen (secondary N) is 1. The fourth-order valence-corrected chi connectivity index (χ4v) is 2.32. The molecule has 0 fully saturated rings. The maximum atomic E-state index is 13.6. The fourth-order valence-electron chi connectivity index (χ4n) is 2.32. The third-order valence-electron chi connectivity index (χ3n) is 3.49. The van der Waals surface area contributed by atoms with Gasteiger partial charge in [0.25, 0.3) is 0 Å². The van der Waals surface area contributed by atoms with E-state index in [-0.39, 0.29) is 6.42 Å². The van der Waals surface area contributed by atoms with Crippen LogP contribution in [0.15, 0.2) is 30.3 Å². The van der Waals surface area contributed by atoms with Gasteiger partial charge in [-0.3, -0.25) is 4.79 Å². The Morgan fingerprint density at radius 3 is 2.54 bits per heavy atom. The number of rotatable bonds is 3. The zero-order valence-corrected chi connectivity index (χ0v) is 12.6. The molecule has 24 heavy (non-hydrogen) atoms. The monoisotopic (exact) mass is 337 g/mol. The van der Waals surface area contributed by atoms with E-state index < -0.39 is 29.0 Å². The van der Waals surface area contributed by atoms with Gasteiger partial charge in [-0.15, -0.1) is 0 Å². The molecule has 0 saturated heterocycles.